The third kappa shape index (κ3) is 6.69. The highest BCUT2D eigenvalue weighted by Crippen LogP contribution is 2.12. The zero-order valence-corrected chi connectivity index (χ0v) is 13.2. The zero-order valence-electron chi connectivity index (χ0n) is 12.4. The first-order valence-electron chi connectivity index (χ1n) is 7.11. The molecule has 0 saturated carbocycles. The maximum absolute atomic E-state index is 12.8. The first-order chi connectivity index (χ1) is 11.1. The van der Waals surface area contributed by atoms with E-state index in [-0.39, 0.29) is 17.5 Å². The van der Waals surface area contributed by atoms with E-state index in [0.717, 1.165) is 5.56 Å². The molecule has 2 aromatic carbocycles. The first kappa shape index (κ1) is 17.3. The number of ether oxygens (including phenoxy) is 1. The lowest BCUT2D eigenvalue weighted by atomic mass is 10.2. The van der Waals surface area contributed by atoms with Crippen LogP contribution in [-0.4, -0.2) is 24.8 Å². The molecule has 0 aromatic heterocycles. The molecule has 1 amide bonds. The van der Waals surface area contributed by atoms with Gasteiger partial charge in [0, 0.05) is 5.75 Å². The Labute approximate surface area is 138 Å². The van der Waals surface area contributed by atoms with Gasteiger partial charge in [0.15, 0.2) is 0 Å². The summed E-state index contributed by atoms with van der Waals surface area (Å²) in [6, 6.07) is 11.9. The minimum atomic E-state index is -0.316. The topological polar surface area (TPSA) is 38.3 Å². The Kier molecular flexibility index (Phi) is 6.87. The average Bonchev–Trinajstić information content (AvgIpc) is 2.55. The summed E-state index contributed by atoms with van der Waals surface area (Å²) in [6.45, 7) is 0.702. The van der Waals surface area contributed by atoms with E-state index in [9.17, 15) is 13.6 Å². The highest BCUT2D eigenvalue weighted by Gasteiger charge is 2.02. The summed E-state index contributed by atoms with van der Waals surface area (Å²) >= 11 is 1.46. The molecular weight excluding hydrogens is 320 g/mol. The second-order valence-electron chi connectivity index (χ2n) is 4.77. The van der Waals surface area contributed by atoms with Crippen molar-refractivity contribution in [3.05, 3.63) is 65.7 Å². The van der Waals surface area contributed by atoms with Gasteiger partial charge >= 0.3 is 0 Å². The van der Waals surface area contributed by atoms with Crippen LogP contribution in [-0.2, 0) is 10.5 Å². The van der Waals surface area contributed by atoms with Crippen LogP contribution in [0.15, 0.2) is 48.5 Å². The van der Waals surface area contributed by atoms with Crippen LogP contribution in [0.4, 0.5) is 8.78 Å². The van der Waals surface area contributed by atoms with Gasteiger partial charge in [-0.2, -0.15) is 0 Å². The Morgan fingerprint density at radius 1 is 1.00 bits per heavy atom. The average molecular weight is 337 g/mol. The molecule has 0 aliphatic heterocycles. The van der Waals surface area contributed by atoms with E-state index < -0.39 is 0 Å². The Morgan fingerprint density at radius 3 is 2.26 bits per heavy atom. The summed E-state index contributed by atoms with van der Waals surface area (Å²) in [5.74, 6) is 0.876. The van der Waals surface area contributed by atoms with Crippen LogP contribution in [0.5, 0.6) is 5.75 Å². The van der Waals surface area contributed by atoms with Crippen LogP contribution < -0.4 is 10.1 Å². The summed E-state index contributed by atoms with van der Waals surface area (Å²) in [5, 5.41) is 2.74. The molecule has 3 nitrogen and oxygen atoms in total. The van der Waals surface area contributed by atoms with Crippen molar-refractivity contribution >= 4 is 17.7 Å². The Balaban J connectivity index is 1.56. The fraction of sp³-hybridized carbons (Fsp3) is 0.235. The summed E-state index contributed by atoms with van der Waals surface area (Å²) < 4.78 is 30.8. The summed E-state index contributed by atoms with van der Waals surface area (Å²) in [5.41, 5.74) is 0.976. The second kappa shape index (κ2) is 9.15. The predicted molar refractivity (Wildman–Crippen MR) is 87.5 cm³/mol. The van der Waals surface area contributed by atoms with E-state index in [4.69, 9.17) is 4.74 Å². The van der Waals surface area contributed by atoms with Gasteiger partial charge in [0.2, 0.25) is 5.91 Å². The van der Waals surface area contributed by atoms with Crippen LogP contribution in [0.1, 0.15) is 5.56 Å². The largest absolute Gasteiger partial charge is 0.492 e. The third-order valence-electron chi connectivity index (χ3n) is 2.92. The number of hydrogen-bond donors (Lipinski definition) is 1. The number of halogens is 2. The number of carbonyl (C=O) groups is 1. The van der Waals surface area contributed by atoms with Crippen LogP contribution in [0.25, 0.3) is 0 Å². The van der Waals surface area contributed by atoms with E-state index in [2.05, 4.69) is 5.32 Å². The Morgan fingerprint density at radius 2 is 1.61 bits per heavy atom. The number of amides is 1. The van der Waals surface area contributed by atoms with Crippen molar-refractivity contribution in [3.8, 4) is 5.75 Å². The lowest BCUT2D eigenvalue weighted by Gasteiger charge is -2.08. The van der Waals surface area contributed by atoms with E-state index in [1.165, 1.54) is 48.2 Å². The molecule has 1 N–H and O–H groups in total. The van der Waals surface area contributed by atoms with E-state index in [0.29, 0.717) is 30.4 Å². The predicted octanol–water partition coefficient (Wildman–Crippen LogP) is 3.39. The number of rotatable bonds is 8. The van der Waals surface area contributed by atoms with Gasteiger partial charge in [-0.15, -0.1) is 11.8 Å². The maximum atomic E-state index is 12.8. The standard InChI is InChI=1S/C17H17F2NO2S/c18-14-3-1-13(2-4-14)11-23-12-17(21)20-9-10-22-16-7-5-15(19)6-8-16/h1-8H,9-12H2,(H,20,21). The van der Waals surface area contributed by atoms with Gasteiger partial charge in [-0.05, 0) is 42.0 Å². The van der Waals surface area contributed by atoms with E-state index in [1.54, 1.807) is 12.1 Å². The number of nitrogens with one attached hydrogen (secondary N) is 1. The molecule has 0 heterocycles. The molecule has 0 aliphatic carbocycles. The zero-order chi connectivity index (χ0) is 16.5. The minimum absolute atomic E-state index is 0.0835. The molecular formula is C17H17F2NO2S. The van der Waals surface area contributed by atoms with Gasteiger partial charge in [-0.1, -0.05) is 12.1 Å². The van der Waals surface area contributed by atoms with Gasteiger partial charge < -0.3 is 10.1 Å². The number of hydrogen-bond acceptors (Lipinski definition) is 3. The van der Waals surface area contributed by atoms with Gasteiger partial charge in [0.05, 0.1) is 12.3 Å². The normalized spacial score (nSPS) is 10.3. The number of thioether (sulfide) groups is 1. The molecule has 0 spiro atoms. The van der Waals surface area contributed by atoms with Crippen molar-refractivity contribution in [1.82, 2.24) is 5.32 Å². The van der Waals surface area contributed by atoms with Crippen molar-refractivity contribution in [2.24, 2.45) is 0 Å². The molecule has 2 rings (SSSR count). The van der Waals surface area contributed by atoms with Crippen LogP contribution in [0, 0.1) is 11.6 Å². The van der Waals surface area contributed by atoms with Crippen molar-refractivity contribution in [3.63, 3.8) is 0 Å². The van der Waals surface area contributed by atoms with Crippen LogP contribution in [0.2, 0.25) is 0 Å². The molecule has 6 heteroatoms. The first-order valence-corrected chi connectivity index (χ1v) is 8.26. The van der Waals surface area contributed by atoms with Crippen molar-refractivity contribution in [2.45, 2.75) is 5.75 Å². The molecule has 122 valence electrons. The highest BCUT2D eigenvalue weighted by atomic mass is 32.2. The summed E-state index contributed by atoms with van der Waals surface area (Å²) in [6.07, 6.45) is 0. The maximum Gasteiger partial charge on any atom is 0.230 e. The second-order valence-corrected chi connectivity index (χ2v) is 5.76. The molecule has 2 aromatic rings. The fourth-order valence-corrected chi connectivity index (χ4v) is 2.60. The molecule has 0 atom stereocenters. The lowest BCUT2D eigenvalue weighted by molar-refractivity contribution is -0.118. The van der Waals surface area contributed by atoms with Gasteiger partial charge in [0.1, 0.15) is 24.0 Å². The molecule has 0 radical (unpaired) electrons. The van der Waals surface area contributed by atoms with Gasteiger partial charge in [0.25, 0.3) is 0 Å². The van der Waals surface area contributed by atoms with Crippen LogP contribution in [0.3, 0.4) is 0 Å². The molecule has 0 saturated heterocycles. The van der Waals surface area contributed by atoms with Crippen molar-refractivity contribution in [2.75, 3.05) is 18.9 Å². The number of benzene rings is 2. The fourth-order valence-electron chi connectivity index (χ4n) is 1.78. The molecule has 0 unspecified atom stereocenters. The highest BCUT2D eigenvalue weighted by molar-refractivity contribution is 7.99. The third-order valence-corrected chi connectivity index (χ3v) is 3.93. The lowest BCUT2D eigenvalue weighted by Crippen LogP contribution is -2.29. The molecule has 0 bridgehead atoms. The Bertz CT molecular complexity index is 617. The smallest absolute Gasteiger partial charge is 0.230 e. The van der Waals surface area contributed by atoms with Crippen molar-refractivity contribution < 1.29 is 18.3 Å². The van der Waals surface area contributed by atoms with Gasteiger partial charge in [-0.3, -0.25) is 4.79 Å². The number of carbonyl (C=O) groups excluding carboxylic acids is 1. The quantitative estimate of drug-likeness (QED) is 0.751. The molecule has 23 heavy (non-hydrogen) atoms. The monoisotopic (exact) mass is 337 g/mol. The van der Waals surface area contributed by atoms with E-state index in [1.807, 2.05) is 0 Å². The van der Waals surface area contributed by atoms with E-state index >= 15 is 0 Å². The Hall–Kier alpha value is -2.08. The van der Waals surface area contributed by atoms with Gasteiger partial charge in [-0.25, -0.2) is 8.78 Å². The molecule has 0 fully saturated rings. The summed E-state index contributed by atoms with van der Waals surface area (Å²) in [4.78, 5) is 11.6. The van der Waals surface area contributed by atoms with Crippen LogP contribution >= 0.6 is 11.8 Å². The molecule has 0 aliphatic rings. The minimum Gasteiger partial charge on any atom is -0.492 e. The van der Waals surface area contributed by atoms with Crippen molar-refractivity contribution in [1.29, 1.82) is 0 Å². The summed E-state index contributed by atoms with van der Waals surface area (Å²) in [7, 11) is 0. The SMILES string of the molecule is O=C(CSCc1ccc(F)cc1)NCCOc1ccc(F)cc1.